The van der Waals surface area contributed by atoms with E-state index in [4.69, 9.17) is 0 Å². The fourth-order valence-corrected chi connectivity index (χ4v) is 5.22. The van der Waals surface area contributed by atoms with Crippen LogP contribution in [0.1, 0.15) is 12.5 Å². The third-order valence-corrected chi connectivity index (χ3v) is 7.29. The van der Waals surface area contributed by atoms with Gasteiger partial charge in [-0.3, -0.25) is 10.1 Å². The van der Waals surface area contributed by atoms with E-state index in [-0.39, 0.29) is 5.82 Å². The Hall–Kier alpha value is -4.53. The zero-order chi connectivity index (χ0) is 28.3. The molecule has 0 aliphatic carbocycles. The minimum Gasteiger partial charge on any atom is -0.384 e. The zero-order valence-corrected chi connectivity index (χ0v) is 23.6. The van der Waals surface area contributed by atoms with Gasteiger partial charge in [0, 0.05) is 59.6 Å². The molecule has 0 saturated carbocycles. The molecule has 6 aromatic rings. The Kier molecular flexibility index (Phi) is 7.50. The molecular weight excluding hydrogens is 513 g/mol. The minimum absolute atomic E-state index is 0.266. The molecule has 41 heavy (non-hydrogen) atoms. The van der Waals surface area contributed by atoms with E-state index in [1.165, 1.54) is 0 Å². The predicted molar refractivity (Wildman–Crippen MR) is 166 cm³/mol. The van der Waals surface area contributed by atoms with Gasteiger partial charge in [-0.05, 0) is 91.4 Å². The predicted octanol–water partition coefficient (Wildman–Crippen LogP) is 6.66. The molecule has 4 N–H and O–H groups in total. The van der Waals surface area contributed by atoms with Gasteiger partial charge in [-0.1, -0.05) is 25.1 Å². The Morgan fingerprint density at radius 1 is 0.878 bits per heavy atom. The number of anilines is 1. The molecular formula is C33H34FN7. The van der Waals surface area contributed by atoms with Crippen LogP contribution in [0.3, 0.4) is 0 Å². The van der Waals surface area contributed by atoms with Crippen molar-refractivity contribution in [1.82, 2.24) is 30.4 Å². The van der Waals surface area contributed by atoms with Crippen molar-refractivity contribution in [3.8, 4) is 33.6 Å². The van der Waals surface area contributed by atoms with E-state index < -0.39 is 0 Å². The summed E-state index contributed by atoms with van der Waals surface area (Å²) in [4.78, 5) is 10.1. The quantitative estimate of drug-likeness (QED) is 0.154. The maximum atomic E-state index is 14.7. The van der Waals surface area contributed by atoms with Gasteiger partial charge in [0.1, 0.15) is 11.5 Å². The lowest BCUT2D eigenvalue weighted by Gasteiger charge is -2.13. The van der Waals surface area contributed by atoms with Crippen LogP contribution in [0.2, 0.25) is 0 Å². The third-order valence-electron chi connectivity index (χ3n) is 7.29. The Labute approximate surface area is 238 Å². The van der Waals surface area contributed by atoms with Crippen LogP contribution in [0.25, 0.3) is 55.4 Å². The van der Waals surface area contributed by atoms with Gasteiger partial charge in [0.15, 0.2) is 0 Å². The Morgan fingerprint density at radius 2 is 1.78 bits per heavy atom. The lowest BCUT2D eigenvalue weighted by atomic mass is 10.00. The number of H-pyrrole nitrogens is 2. The second-order valence-corrected chi connectivity index (χ2v) is 10.6. The number of nitrogens with zero attached hydrogens (tertiary/aromatic N) is 3. The van der Waals surface area contributed by atoms with Crippen LogP contribution in [0.5, 0.6) is 0 Å². The summed E-state index contributed by atoms with van der Waals surface area (Å²) in [7, 11) is 4.04. The number of aromatic nitrogens is 4. The second kappa shape index (κ2) is 11.5. The first-order valence-electron chi connectivity index (χ1n) is 13.9. The van der Waals surface area contributed by atoms with Crippen LogP contribution in [0.4, 0.5) is 10.1 Å². The molecule has 0 amide bonds. The van der Waals surface area contributed by atoms with Crippen LogP contribution < -0.4 is 10.6 Å². The topological polar surface area (TPSA) is 84.7 Å². The highest BCUT2D eigenvalue weighted by Crippen LogP contribution is 2.36. The van der Waals surface area contributed by atoms with Crippen LogP contribution >= 0.6 is 0 Å². The highest BCUT2D eigenvalue weighted by Gasteiger charge is 2.15. The number of benzene rings is 3. The first-order valence-corrected chi connectivity index (χ1v) is 13.9. The van der Waals surface area contributed by atoms with E-state index >= 15 is 0 Å². The van der Waals surface area contributed by atoms with E-state index in [9.17, 15) is 4.39 Å². The number of hydrogen-bond acceptors (Lipinski definition) is 5. The number of nitrogens with one attached hydrogen (secondary N) is 4. The Morgan fingerprint density at radius 3 is 2.63 bits per heavy atom. The van der Waals surface area contributed by atoms with Crippen molar-refractivity contribution in [3.05, 3.63) is 90.5 Å². The molecule has 208 valence electrons. The fraction of sp³-hybridized carbons (Fsp3) is 0.212. The van der Waals surface area contributed by atoms with Gasteiger partial charge in [-0.2, -0.15) is 5.10 Å². The summed E-state index contributed by atoms with van der Waals surface area (Å²) in [6, 6.07) is 21.8. The molecule has 3 aromatic heterocycles. The largest absolute Gasteiger partial charge is 0.384 e. The molecule has 0 unspecified atom stereocenters. The summed E-state index contributed by atoms with van der Waals surface area (Å²) in [5, 5.41) is 16.6. The zero-order valence-electron chi connectivity index (χ0n) is 23.6. The number of rotatable bonds is 10. The van der Waals surface area contributed by atoms with Crippen molar-refractivity contribution in [2.75, 3.05) is 39.0 Å². The third kappa shape index (κ3) is 5.70. The molecule has 6 rings (SSSR count). The first kappa shape index (κ1) is 26.7. The average Bonchev–Trinajstić information content (AvgIpc) is 3.59. The highest BCUT2D eigenvalue weighted by atomic mass is 19.1. The normalized spacial score (nSPS) is 11.6. The van der Waals surface area contributed by atoms with Gasteiger partial charge in [-0.15, -0.1) is 0 Å². The highest BCUT2D eigenvalue weighted by molar-refractivity contribution is 6.02. The van der Waals surface area contributed by atoms with E-state index in [1.54, 1.807) is 12.1 Å². The van der Waals surface area contributed by atoms with Crippen molar-refractivity contribution in [2.24, 2.45) is 0 Å². The van der Waals surface area contributed by atoms with Crippen molar-refractivity contribution in [2.45, 2.75) is 13.5 Å². The van der Waals surface area contributed by atoms with E-state index in [1.807, 2.05) is 50.8 Å². The molecule has 0 atom stereocenters. The van der Waals surface area contributed by atoms with Gasteiger partial charge in [0.2, 0.25) is 0 Å². The number of likely N-dealkylation sites (N-methyl/N-ethyl adjacent to an activating group) is 1. The first-order chi connectivity index (χ1) is 20.0. The SMILES string of the molecule is CCNCc1cncc(-c2ccc3[nH]nc(-c4cc5c(-c6cc(F)cc(NCCN(C)C)c6)cccc5[nH]4)c3c2)c1. The fourth-order valence-electron chi connectivity index (χ4n) is 5.22. The lowest BCUT2D eigenvalue weighted by molar-refractivity contribution is 0.425. The molecule has 0 aliphatic heterocycles. The van der Waals surface area contributed by atoms with Gasteiger partial charge < -0.3 is 20.5 Å². The smallest absolute Gasteiger partial charge is 0.125 e. The molecule has 3 aromatic carbocycles. The van der Waals surface area contributed by atoms with Gasteiger partial charge in [-0.25, -0.2) is 4.39 Å². The number of aromatic amines is 2. The maximum Gasteiger partial charge on any atom is 0.125 e. The van der Waals surface area contributed by atoms with Crippen molar-refractivity contribution >= 4 is 27.5 Å². The summed E-state index contributed by atoms with van der Waals surface area (Å²) in [6.45, 7) is 5.39. The Bertz CT molecular complexity index is 1820. The van der Waals surface area contributed by atoms with E-state index in [0.717, 1.165) is 92.9 Å². The maximum absolute atomic E-state index is 14.7. The van der Waals surface area contributed by atoms with Crippen LogP contribution in [0, 0.1) is 5.82 Å². The lowest BCUT2D eigenvalue weighted by Crippen LogP contribution is -2.20. The van der Waals surface area contributed by atoms with Crippen LogP contribution in [-0.4, -0.2) is 58.8 Å². The van der Waals surface area contributed by atoms with Gasteiger partial charge in [0.25, 0.3) is 0 Å². The molecule has 0 aliphatic rings. The Balaban J connectivity index is 1.37. The molecule has 0 radical (unpaired) electrons. The summed E-state index contributed by atoms with van der Waals surface area (Å²) >= 11 is 0. The molecule has 0 fully saturated rings. The van der Waals surface area contributed by atoms with Crippen molar-refractivity contribution in [1.29, 1.82) is 0 Å². The number of hydrogen-bond donors (Lipinski definition) is 4. The monoisotopic (exact) mass is 547 g/mol. The molecule has 8 heteroatoms. The van der Waals surface area contributed by atoms with E-state index in [2.05, 4.69) is 73.0 Å². The summed E-state index contributed by atoms with van der Waals surface area (Å²) < 4.78 is 14.7. The summed E-state index contributed by atoms with van der Waals surface area (Å²) in [6.07, 6.45) is 3.80. The van der Waals surface area contributed by atoms with Crippen LogP contribution in [-0.2, 0) is 6.54 Å². The molecule has 3 heterocycles. The summed E-state index contributed by atoms with van der Waals surface area (Å²) in [5.41, 5.74) is 9.51. The average molecular weight is 548 g/mol. The number of fused-ring (bicyclic) bond motifs is 2. The van der Waals surface area contributed by atoms with Gasteiger partial charge in [0.05, 0.1) is 11.2 Å². The molecule has 0 saturated heterocycles. The minimum atomic E-state index is -0.266. The summed E-state index contributed by atoms with van der Waals surface area (Å²) in [5.74, 6) is -0.266. The number of halogens is 1. The number of pyridine rings is 1. The molecule has 0 spiro atoms. The van der Waals surface area contributed by atoms with E-state index in [0.29, 0.717) is 0 Å². The van der Waals surface area contributed by atoms with Crippen molar-refractivity contribution in [3.63, 3.8) is 0 Å². The van der Waals surface area contributed by atoms with Crippen molar-refractivity contribution < 1.29 is 4.39 Å². The molecule has 7 nitrogen and oxygen atoms in total. The van der Waals surface area contributed by atoms with Gasteiger partial charge >= 0.3 is 0 Å². The van der Waals surface area contributed by atoms with Crippen LogP contribution in [0.15, 0.2) is 79.1 Å². The standard InChI is InChI=1S/C33H34FN7/c1-4-35-18-21-12-24(20-36-19-21)22-8-9-31-29(15-22)33(40-39-31)32-17-28-27(6-5-7-30(28)38-32)23-13-25(34)16-26(14-23)37-10-11-41(2)3/h5-9,12-17,19-20,35,37-38H,4,10-11,18H2,1-3H3,(H,39,40). The molecule has 0 bridgehead atoms. The second-order valence-electron chi connectivity index (χ2n) is 10.6.